The quantitative estimate of drug-likeness (QED) is 0.861. The van der Waals surface area contributed by atoms with E-state index in [1.54, 1.807) is 29.8 Å². The number of nitrogens with two attached hydrogens (primary N) is 1. The number of nitrogens with zero attached hydrogens (tertiary/aromatic N) is 1. The van der Waals surface area contributed by atoms with Crippen LogP contribution >= 0.6 is 11.3 Å². The summed E-state index contributed by atoms with van der Waals surface area (Å²) in [5.74, 6) is -0.878. The van der Waals surface area contributed by atoms with Gasteiger partial charge in [-0.2, -0.15) is 0 Å². The highest BCUT2D eigenvalue weighted by atomic mass is 32.1. The Morgan fingerprint density at radius 1 is 1.29 bits per heavy atom. The average molecular weight is 247 g/mol. The summed E-state index contributed by atoms with van der Waals surface area (Å²) in [5, 5.41) is 4.89. The molecule has 0 aliphatic rings. The van der Waals surface area contributed by atoms with Crippen molar-refractivity contribution in [3.05, 3.63) is 47.0 Å². The van der Waals surface area contributed by atoms with Crippen LogP contribution in [0, 0.1) is 0 Å². The fourth-order valence-electron chi connectivity index (χ4n) is 1.27. The fraction of sp³-hybridized carbons (Fsp3) is 0. The number of carbonyl (C=O) groups excluding carboxylic acids is 2. The van der Waals surface area contributed by atoms with Crippen LogP contribution in [-0.2, 0) is 0 Å². The standard InChI is InChI=1S/C11H9N3O2S/c12-9(15)7-2-1-3-8(6-7)10(16)14-11-13-4-5-17-11/h1-6H,(H2,12,15)(H,13,14,16). The van der Waals surface area contributed by atoms with Crippen molar-refractivity contribution >= 4 is 28.3 Å². The summed E-state index contributed by atoms with van der Waals surface area (Å²) in [6.07, 6.45) is 1.60. The molecule has 86 valence electrons. The molecule has 0 aliphatic heterocycles. The van der Waals surface area contributed by atoms with Crippen molar-refractivity contribution in [1.29, 1.82) is 0 Å². The Labute approximate surface area is 101 Å². The number of nitrogens with one attached hydrogen (secondary N) is 1. The summed E-state index contributed by atoms with van der Waals surface area (Å²) < 4.78 is 0. The molecule has 5 nitrogen and oxygen atoms in total. The second-order valence-electron chi connectivity index (χ2n) is 3.24. The van der Waals surface area contributed by atoms with Crippen molar-refractivity contribution in [2.45, 2.75) is 0 Å². The van der Waals surface area contributed by atoms with E-state index < -0.39 is 5.91 Å². The van der Waals surface area contributed by atoms with E-state index in [0.29, 0.717) is 16.3 Å². The largest absolute Gasteiger partial charge is 0.366 e. The average Bonchev–Trinajstić information content (AvgIpc) is 2.82. The van der Waals surface area contributed by atoms with Crippen molar-refractivity contribution in [3.8, 4) is 0 Å². The first-order valence-electron chi connectivity index (χ1n) is 4.77. The molecule has 0 spiro atoms. The van der Waals surface area contributed by atoms with Crippen LogP contribution in [0.3, 0.4) is 0 Å². The van der Waals surface area contributed by atoms with Gasteiger partial charge in [0.05, 0.1) is 0 Å². The number of thiazole rings is 1. The van der Waals surface area contributed by atoms with Crippen LogP contribution < -0.4 is 11.1 Å². The first kappa shape index (κ1) is 11.3. The normalized spacial score (nSPS) is 9.88. The topological polar surface area (TPSA) is 85.1 Å². The van der Waals surface area contributed by atoms with E-state index in [1.165, 1.54) is 17.4 Å². The highest BCUT2D eigenvalue weighted by Crippen LogP contribution is 2.13. The van der Waals surface area contributed by atoms with Crippen molar-refractivity contribution in [3.63, 3.8) is 0 Å². The Hall–Kier alpha value is -2.21. The van der Waals surface area contributed by atoms with Gasteiger partial charge in [0.2, 0.25) is 5.91 Å². The Balaban J connectivity index is 2.19. The van der Waals surface area contributed by atoms with E-state index in [2.05, 4.69) is 10.3 Å². The van der Waals surface area contributed by atoms with Crippen LogP contribution in [0.5, 0.6) is 0 Å². The molecule has 0 aliphatic carbocycles. The van der Waals surface area contributed by atoms with E-state index in [-0.39, 0.29) is 5.91 Å². The number of amides is 2. The zero-order chi connectivity index (χ0) is 12.3. The third kappa shape index (κ3) is 2.67. The third-order valence-corrected chi connectivity index (χ3v) is 2.75. The lowest BCUT2D eigenvalue weighted by atomic mass is 10.1. The van der Waals surface area contributed by atoms with Crippen LogP contribution in [0.15, 0.2) is 35.8 Å². The van der Waals surface area contributed by atoms with Gasteiger partial charge >= 0.3 is 0 Å². The van der Waals surface area contributed by atoms with Crippen LogP contribution in [0.2, 0.25) is 0 Å². The summed E-state index contributed by atoms with van der Waals surface area (Å²) in [5.41, 5.74) is 5.81. The van der Waals surface area contributed by atoms with Crippen molar-refractivity contribution in [2.75, 3.05) is 5.32 Å². The smallest absolute Gasteiger partial charge is 0.257 e. The van der Waals surface area contributed by atoms with Gasteiger partial charge in [-0.3, -0.25) is 14.9 Å². The van der Waals surface area contributed by atoms with Gasteiger partial charge in [-0.1, -0.05) is 6.07 Å². The molecule has 1 aromatic heterocycles. The Kier molecular flexibility index (Phi) is 3.15. The Morgan fingerprint density at radius 3 is 2.71 bits per heavy atom. The fourth-order valence-corrected chi connectivity index (χ4v) is 1.79. The number of primary amides is 1. The summed E-state index contributed by atoms with van der Waals surface area (Å²) in [6.45, 7) is 0. The van der Waals surface area contributed by atoms with E-state index in [4.69, 9.17) is 5.73 Å². The van der Waals surface area contributed by atoms with Crippen LogP contribution in [0.4, 0.5) is 5.13 Å². The predicted octanol–water partition coefficient (Wildman–Crippen LogP) is 1.49. The van der Waals surface area contributed by atoms with Crippen LogP contribution in [0.1, 0.15) is 20.7 Å². The summed E-state index contributed by atoms with van der Waals surface area (Å²) in [4.78, 5) is 26.7. The van der Waals surface area contributed by atoms with E-state index in [1.807, 2.05) is 0 Å². The number of rotatable bonds is 3. The highest BCUT2D eigenvalue weighted by Gasteiger charge is 2.09. The van der Waals surface area contributed by atoms with Crippen LogP contribution in [-0.4, -0.2) is 16.8 Å². The molecule has 0 saturated carbocycles. The molecular weight excluding hydrogens is 238 g/mol. The lowest BCUT2D eigenvalue weighted by Crippen LogP contribution is -2.15. The molecular formula is C11H9N3O2S. The molecule has 0 fully saturated rings. The molecule has 3 N–H and O–H groups in total. The van der Waals surface area contributed by atoms with E-state index in [9.17, 15) is 9.59 Å². The zero-order valence-electron chi connectivity index (χ0n) is 8.71. The first-order valence-corrected chi connectivity index (χ1v) is 5.65. The van der Waals surface area contributed by atoms with Gasteiger partial charge in [0.25, 0.3) is 5.91 Å². The minimum atomic E-state index is -0.561. The van der Waals surface area contributed by atoms with Crippen LogP contribution in [0.25, 0.3) is 0 Å². The molecule has 1 aromatic carbocycles. The number of carbonyl (C=O) groups is 2. The number of aromatic nitrogens is 1. The molecule has 2 aromatic rings. The van der Waals surface area contributed by atoms with Gasteiger partial charge in [0.15, 0.2) is 5.13 Å². The maximum Gasteiger partial charge on any atom is 0.257 e. The molecule has 1 heterocycles. The minimum Gasteiger partial charge on any atom is -0.366 e. The number of benzene rings is 1. The molecule has 0 saturated heterocycles. The minimum absolute atomic E-state index is 0.303. The van der Waals surface area contributed by atoms with Gasteiger partial charge in [0.1, 0.15) is 0 Å². The molecule has 0 atom stereocenters. The highest BCUT2D eigenvalue weighted by molar-refractivity contribution is 7.13. The molecule has 17 heavy (non-hydrogen) atoms. The molecule has 0 radical (unpaired) electrons. The zero-order valence-corrected chi connectivity index (χ0v) is 9.53. The maximum atomic E-state index is 11.8. The number of hydrogen-bond acceptors (Lipinski definition) is 4. The Morgan fingerprint density at radius 2 is 2.06 bits per heavy atom. The third-order valence-electron chi connectivity index (χ3n) is 2.06. The van der Waals surface area contributed by atoms with Crippen molar-refractivity contribution in [2.24, 2.45) is 5.73 Å². The summed E-state index contributed by atoms with van der Waals surface area (Å²) in [6, 6.07) is 6.22. The molecule has 0 bridgehead atoms. The summed E-state index contributed by atoms with van der Waals surface area (Å²) in [7, 11) is 0. The second kappa shape index (κ2) is 4.75. The first-order chi connectivity index (χ1) is 8.16. The number of anilines is 1. The monoisotopic (exact) mass is 247 g/mol. The van der Waals surface area contributed by atoms with Gasteiger partial charge in [-0.05, 0) is 18.2 Å². The van der Waals surface area contributed by atoms with Gasteiger partial charge in [0, 0.05) is 22.7 Å². The predicted molar refractivity (Wildman–Crippen MR) is 65.0 cm³/mol. The second-order valence-corrected chi connectivity index (χ2v) is 4.13. The van der Waals surface area contributed by atoms with Crippen molar-refractivity contribution < 1.29 is 9.59 Å². The van der Waals surface area contributed by atoms with Gasteiger partial charge in [-0.15, -0.1) is 11.3 Å². The lowest BCUT2D eigenvalue weighted by Gasteiger charge is -2.02. The SMILES string of the molecule is NC(=O)c1cccc(C(=O)Nc2nccs2)c1. The van der Waals surface area contributed by atoms with E-state index in [0.717, 1.165) is 0 Å². The van der Waals surface area contributed by atoms with Gasteiger partial charge < -0.3 is 5.73 Å². The van der Waals surface area contributed by atoms with E-state index >= 15 is 0 Å². The van der Waals surface area contributed by atoms with Gasteiger partial charge in [-0.25, -0.2) is 4.98 Å². The molecule has 2 rings (SSSR count). The summed E-state index contributed by atoms with van der Waals surface area (Å²) >= 11 is 1.32. The number of hydrogen-bond donors (Lipinski definition) is 2. The maximum absolute atomic E-state index is 11.8. The molecule has 0 unspecified atom stereocenters. The van der Waals surface area contributed by atoms with Crippen molar-refractivity contribution in [1.82, 2.24) is 4.98 Å². The Bertz CT molecular complexity index is 552. The molecule has 2 amide bonds. The lowest BCUT2D eigenvalue weighted by molar-refractivity contribution is 0.1000. The molecule has 6 heteroatoms.